The molecule has 2 aliphatic rings. The van der Waals surface area contributed by atoms with Gasteiger partial charge < -0.3 is 14.6 Å². The van der Waals surface area contributed by atoms with Gasteiger partial charge in [0, 0.05) is 30.2 Å². The fourth-order valence-corrected chi connectivity index (χ4v) is 4.94. The molecule has 0 radical (unpaired) electrons. The molecule has 1 atom stereocenters. The fraction of sp³-hybridized carbons (Fsp3) is 0.500. The van der Waals surface area contributed by atoms with E-state index in [1.165, 1.54) is 16.7 Å². The van der Waals surface area contributed by atoms with Crippen LogP contribution in [0.1, 0.15) is 84.3 Å². The van der Waals surface area contributed by atoms with E-state index < -0.39 is 5.97 Å². The van der Waals surface area contributed by atoms with Crippen LogP contribution in [0.4, 0.5) is 0 Å². The third-order valence-electron chi connectivity index (χ3n) is 6.78. The molecule has 1 aromatic carbocycles. The largest absolute Gasteiger partial charge is 0.497 e. The summed E-state index contributed by atoms with van der Waals surface area (Å²) < 4.78 is 12.2. The number of rotatable bonds is 12. The molecule has 0 fully saturated rings. The first-order chi connectivity index (χ1) is 17.7. The Labute approximate surface area is 222 Å². The molecule has 5 nitrogen and oxygen atoms in total. The molecule has 0 amide bonds. The summed E-state index contributed by atoms with van der Waals surface area (Å²) in [5.41, 5.74) is 5.78. The Morgan fingerprint density at radius 1 is 1.22 bits per heavy atom. The highest BCUT2D eigenvalue weighted by atomic mass is 16.5. The molecule has 37 heavy (non-hydrogen) atoms. The zero-order valence-corrected chi connectivity index (χ0v) is 23.2. The van der Waals surface area contributed by atoms with Crippen molar-refractivity contribution in [3.63, 3.8) is 0 Å². The van der Waals surface area contributed by atoms with E-state index in [-0.39, 0.29) is 17.8 Å². The minimum absolute atomic E-state index is 0.0187. The maximum Gasteiger partial charge on any atom is 0.303 e. The standard InChI is InChI=1S/C32H43NO4/c1-6-10-26-19-23(22-33-30(7-2)32(3,4)5)13-16-29(26)37-18-9-17-36-27-11-8-12-28-24(20-27)14-15-25(28)21-31(34)35/h7-8,12-13,16,19-20,22,25H,6,9-11,14-15,17-18,21H2,1-5H3,(H,34,35)/b30-7-,33-22?/t25-/m0/s1. The second-order valence-corrected chi connectivity index (χ2v) is 10.9. The first-order valence-corrected chi connectivity index (χ1v) is 13.6. The van der Waals surface area contributed by atoms with Crippen LogP contribution in [0.5, 0.6) is 5.75 Å². The van der Waals surface area contributed by atoms with Crippen molar-refractivity contribution in [2.24, 2.45) is 16.3 Å². The van der Waals surface area contributed by atoms with Crippen molar-refractivity contribution in [2.75, 3.05) is 13.2 Å². The molecule has 0 aromatic heterocycles. The van der Waals surface area contributed by atoms with Crippen molar-refractivity contribution >= 4 is 12.2 Å². The highest BCUT2D eigenvalue weighted by Crippen LogP contribution is 2.38. The molecule has 200 valence electrons. The van der Waals surface area contributed by atoms with Gasteiger partial charge >= 0.3 is 5.97 Å². The Balaban J connectivity index is 1.53. The van der Waals surface area contributed by atoms with Gasteiger partial charge in [-0.2, -0.15) is 0 Å². The number of nitrogens with zero attached hydrogens (tertiary/aromatic N) is 1. The SMILES string of the molecule is C/C=C(\N=Cc1ccc(OCCCOC2=CC3=C(C=CC2)[C@H](CC(=O)O)CC3)c(CCC)c1)C(C)(C)C. The van der Waals surface area contributed by atoms with E-state index in [1.807, 2.05) is 13.1 Å². The lowest BCUT2D eigenvalue weighted by molar-refractivity contribution is -0.137. The predicted molar refractivity (Wildman–Crippen MR) is 151 cm³/mol. The normalized spacial score (nSPS) is 18.1. The van der Waals surface area contributed by atoms with Crippen LogP contribution in [0, 0.1) is 11.3 Å². The summed E-state index contributed by atoms with van der Waals surface area (Å²) in [6.45, 7) is 11.9. The number of aryl methyl sites for hydroxylation is 1. The van der Waals surface area contributed by atoms with Crippen LogP contribution >= 0.6 is 0 Å². The predicted octanol–water partition coefficient (Wildman–Crippen LogP) is 7.82. The van der Waals surface area contributed by atoms with Crippen LogP contribution in [0.2, 0.25) is 0 Å². The number of hydrogen-bond acceptors (Lipinski definition) is 4. The quantitative estimate of drug-likeness (QED) is 0.232. The van der Waals surface area contributed by atoms with E-state index in [0.29, 0.717) is 13.2 Å². The van der Waals surface area contributed by atoms with Gasteiger partial charge in [-0.25, -0.2) is 0 Å². The number of hydrogen-bond donors (Lipinski definition) is 1. The lowest BCUT2D eigenvalue weighted by atomic mass is 9.92. The van der Waals surface area contributed by atoms with E-state index in [0.717, 1.165) is 61.3 Å². The molecule has 0 spiro atoms. The number of allylic oxidation sites excluding steroid dienone is 7. The third-order valence-corrected chi connectivity index (χ3v) is 6.78. The minimum Gasteiger partial charge on any atom is -0.497 e. The van der Waals surface area contributed by atoms with Crippen molar-refractivity contribution in [3.8, 4) is 5.75 Å². The van der Waals surface area contributed by atoms with Crippen LogP contribution in [0.3, 0.4) is 0 Å². The summed E-state index contributed by atoms with van der Waals surface area (Å²) in [6, 6.07) is 6.31. The molecule has 0 saturated heterocycles. The van der Waals surface area contributed by atoms with Crippen molar-refractivity contribution in [1.82, 2.24) is 0 Å². The lowest BCUT2D eigenvalue weighted by Gasteiger charge is -2.18. The minimum atomic E-state index is -0.731. The molecule has 2 aliphatic carbocycles. The van der Waals surface area contributed by atoms with Crippen LogP contribution in [0.15, 0.2) is 70.1 Å². The van der Waals surface area contributed by atoms with Crippen LogP contribution in [0.25, 0.3) is 0 Å². The Kier molecular flexibility index (Phi) is 10.4. The molecule has 0 unspecified atom stereocenters. The van der Waals surface area contributed by atoms with Crippen LogP contribution < -0.4 is 4.74 Å². The summed E-state index contributed by atoms with van der Waals surface area (Å²) in [5, 5.41) is 9.17. The maximum absolute atomic E-state index is 11.2. The Morgan fingerprint density at radius 3 is 2.70 bits per heavy atom. The number of ether oxygens (including phenoxy) is 2. The first-order valence-electron chi connectivity index (χ1n) is 13.6. The average molecular weight is 506 g/mol. The molecule has 0 bridgehead atoms. The molecular formula is C32H43NO4. The first kappa shape index (κ1) is 28.5. The van der Waals surface area contributed by atoms with E-state index in [2.05, 4.69) is 70.2 Å². The fourth-order valence-electron chi connectivity index (χ4n) is 4.94. The van der Waals surface area contributed by atoms with Gasteiger partial charge in [-0.1, -0.05) is 52.3 Å². The van der Waals surface area contributed by atoms with Crippen molar-refractivity contribution < 1.29 is 19.4 Å². The van der Waals surface area contributed by atoms with Gasteiger partial charge in [-0.05, 0) is 78.7 Å². The molecular weight excluding hydrogens is 462 g/mol. The zero-order valence-electron chi connectivity index (χ0n) is 23.2. The molecule has 3 rings (SSSR count). The van der Waals surface area contributed by atoms with E-state index in [4.69, 9.17) is 19.6 Å². The van der Waals surface area contributed by atoms with Gasteiger partial charge in [-0.3, -0.25) is 9.79 Å². The average Bonchev–Trinajstić information content (AvgIpc) is 3.07. The number of aliphatic imine (C=N–C) groups is 1. The molecule has 0 heterocycles. The van der Waals surface area contributed by atoms with Crippen molar-refractivity contribution in [1.29, 1.82) is 0 Å². The van der Waals surface area contributed by atoms with Gasteiger partial charge in [0.2, 0.25) is 0 Å². The van der Waals surface area contributed by atoms with E-state index in [1.54, 1.807) is 0 Å². The third kappa shape index (κ3) is 8.48. The summed E-state index contributed by atoms with van der Waals surface area (Å²) in [7, 11) is 0. The zero-order chi connectivity index (χ0) is 26.8. The number of benzene rings is 1. The van der Waals surface area contributed by atoms with E-state index >= 15 is 0 Å². The highest BCUT2D eigenvalue weighted by molar-refractivity contribution is 5.81. The van der Waals surface area contributed by atoms with Crippen molar-refractivity contribution in [3.05, 3.63) is 76.2 Å². The molecule has 1 N–H and O–H groups in total. The highest BCUT2D eigenvalue weighted by Gasteiger charge is 2.26. The number of carboxylic acid groups (broad SMARTS) is 1. The molecule has 0 aliphatic heterocycles. The van der Waals surface area contributed by atoms with Crippen LogP contribution in [-0.4, -0.2) is 30.5 Å². The Bertz CT molecular complexity index is 1100. The number of carbonyl (C=O) groups is 1. The summed E-state index contributed by atoms with van der Waals surface area (Å²) in [5.74, 6) is 1.27. The number of carboxylic acids is 1. The Morgan fingerprint density at radius 2 is 2.00 bits per heavy atom. The molecule has 0 saturated carbocycles. The maximum atomic E-state index is 11.2. The van der Waals surface area contributed by atoms with Gasteiger partial charge in [0.1, 0.15) is 5.75 Å². The monoisotopic (exact) mass is 505 g/mol. The summed E-state index contributed by atoms with van der Waals surface area (Å²) >= 11 is 0. The Hall–Kier alpha value is -3.08. The van der Waals surface area contributed by atoms with Crippen LogP contribution in [-0.2, 0) is 16.0 Å². The lowest BCUT2D eigenvalue weighted by Crippen LogP contribution is -2.07. The number of aliphatic carboxylic acids is 1. The van der Waals surface area contributed by atoms with Gasteiger partial charge in [0.05, 0.1) is 25.4 Å². The summed E-state index contributed by atoms with van der Waals surface area (Å²) in [6.07, 6.45) is 15.9. The molecule has 1 aromatic rings. The van der Waals surface area contributed by atoms with Gasteiger partial charge in [0.25, 0.3) is 0 Å². The second kappa shape index (κ2) is 13.5. The molecule has 5 heteroatoms. The smallest absolute Gasteiger partial charge is 0.303 e. The second-order valence-electron chi connectivity index (χ2n) is 10.9. The summed E-state index contributed by atoms with van der Waals surface area (Å²) in [4.78, 5) is 15.9. The topological polar surface area (TPSA) is 68.1 Å². The van der Waals surface area contributed by atoms with Crippen molar-refractivity contribution in [2.45, 2.75) is 79.6 Å². The van der Waals surface area contributed by atoms with Gasteiger partial charge in [-0.15, -0.1) is 0 Å². The van der Waals surface area contributed by atoms with E-state index in [9.17, 15) is 4.79 Å². The van der Waals surface area contributed by atoms with Gasteiger partial charge in [0.15, 0.2) is 0 Å².